The molecule has 154 valence electrons. The van der Waals surface area contributed by atoms with Gasteiger partial charge in [0.05, 0.1) is 11.0 Å². The largest absolute Gasteiger partial charge is 0.390 e. The number of H-pyrrole nitrogens is 1. The van der Waals surface area contributed by atoms with E-state index in [0.29, 0.717) is 11.3 Å². The maximum Gasteiger partial charge on any atom is 0.330 e. The van der Waals surface area contributed by atoms with Crippen molar-refractivity contribution in [1.82, 2.24) is 14.9 Å². The molecular weight excluding hydrogens is 386 g/mol. The topological polar surface area (TPSA) is 169 Å². The summed E-state index contributed by atoms with van der Waals surface area (Å²) in [6.45, 7) is 1.51. The minimum Gasteiger partial charge on any atom is -0.390 e. The molecule has 3 atom stereocenters. The van der Waals surface area contributed by atoms with Crippen molar-refractivity contribution >= 4 is 17.4 Å². The van der Waals surface area contributed by atoms with Gasteiger partial charge < -0.3 is 20.5 Å². The molecule has 0 bridgehead atoms. The molecular formula is C17H19N5O7. The Labute approximate surface area is 163 Å². The maximum absolute atomic E-state index is 12.0. The number of hydrogen-bond donors (Lipinski definition) is 4. The van der Waals surface area contributed by atoms with Crippen molar-refractivity contribution in [1.29, 1.82) is 0 Å². The van der Waals surface area contributed by atoms with E-state index in [1.807, 2.05) is 0 Å². The number of nitro groups is 1. The van der Waals surface area contributed by atoms with Crippen LogP contribution < -0.4 is 21.9 Å². The first-order valence-electron chi connectivity index (χ1n) is 8.69. The molecule has 1 saturated heterocycles. The number of aliphatic hydroxyl groups is 1. The second kappa shape index (κ2) is 8.24. The van der Waals surface area contributed by atoms with E-state index in [0.717, 1.165) is 0 Å². The number of nitrogens with zero attached hydrogens (tertiary/aromatic N) is 2. The Morgan fingerprint density at radius 1 is 1.38 bits per heavy atom. The van der Waals surface area contributed by atoms with E-state index < -0.39 is 40.6 Å². The van der Waals surface area contributed by atoms with Crippen LogP contribution in [0.15, 0.2) is 40.1 Å². The minimum absolute atomic E-state index is 0.0342. The maximum atomic E-state index is 12.0. The molecule has 12 nitrogen and oxygen atoms in total. The van der Waals surface area contributed by atoms with Crippen molar-refractivity contribution in [3.63, 3.8) is 0 Å². The fraction of sp³-hybridized carbons (Fsp3) is 0.353. The molecule has 12 heteroatoms. The van der Waals surface area contributed by atoms with Gasteiger partial charge in [0, 0.05) is 42.5 Å². The van der Waals surface area contributed by atoms with Crippen LogP contribution in [0.5, 0.6) is 0 Å². The van der Waals surface area contributed by atoms with Crippen molar-refractivity contribution in [3.8, 4) is 0 Å². The predicted molar refractivity (Wildman–Crippen MR) is 101 cm³/mol. The van der Waals surface area contributed by atoms with Crippen LogP contribution in [0.3, 0.4) is 0 Å². The summed E-state index contributed by atoms with van der Waals surface area (Å²) in [6.07, 6.45) is -1.00. The summed E-state index contributed by atoms with van der Waals surface area (Å²) in [4.78, 5) is 47.7. The lowest BCUT2D eigenvalue weighted by Crippen LogP contribution is -2.39. The Balaban J connectivity index is 1.56. The van der Waals surface area contributed by atoms with Gasteiger partial charge in [0.2, 0.25) is 0 Å². The van der Waals surface area contributed by atoms with Crippen LogP contribution in [0, 0.1) is 17.0 Å². The number of nitro benzene ring substituents is 1. The third-order valence-electron chi connectivity index (χ3n) is 4.46. The highest BCUT2D eigenvalue weighted by molar-refractivity contribution is 5.89. The highest BCUT2D eigenvalue weighted by Gasteiger charge is 2.35. The number of nitrogens with one attached hydrogen (secondary N) is 3. The number of non-ortho nitro benzene ring substituents is 1. The van der Waals surface area contributed by atoms with Crippen LogP contribution >= 0.6 is 0 Å². The highest BCUT2D eigenvalue weighted by Crippen LogP contribution is 2.27. The van der Waals surface area contributed by atoms with Crippen molar-refractivity contribution < 1.29 is 19.6 Å². The molecule has 2 amide bonds. The third-order valence-corrected chi connectivity index (χ3v) is 4.46. The van der Waals surface area contributed by atoms with E-state index >= 15 is 0 Å². The molecule has 0 aliphatic carbocycles. The molecule has 2 aromatic rings. The van der Waals surface area contributed by atoms with Gasteiger partial charge in [-0.05, 0) is 19.1 Å². The normalized spacial score (nSPS) is 21.0. The molecule has 1 aliphatic heterocycles. The van der Waals surface area contributed by atoms with E-state index in [9.17, 15) is 29.6 Å². The zero-order valence-corrected chi connectivity index (χ0v) is 15.3. The molecule has 0 radical (unpaired) electrons. The van der Waals surface area contributed by atoms with Crippen LogP contribution in [-0.4, -0.2) is 44.4 Å². The van der Waals surface area contributed by atoms with E-state index in [4.69, 9.17) is 4.74 Å². The van der Waals surface area contributed by atoms with E-state index in [1.165, 1.54) is 35.0 Å². The lowest BCUT2D eigenvalue weighted by molar-refractivity contribution is -0.384. The summed E-state index contributed by atoms with van der Waals surface area (Å²) in [7, 11) is 0. The number of rotatable bonds is 5. The van der Waals surface area contributed by atoms with Crippen LogP contribution in [0.2, 0.25) is 0 Å². The van der Waals surface area contributed by atoms with Crippen LogP contribution in [-0.2, 0) is 4.74 Å². The molecule has 1 fully saturated rings. The fourth-order valence-corrected chi connectivity index (χ4v) is 2.90. The average Bonchev–Trinajstić information content (AvgIpc) is 3.04. The fourth-order valence-electron chi connectivity index (χ4n) is 2.90. The molecule has 1 aliphatic rings. The molecule has 1 aromatic carbocycles. The smallest absolute Gasteiger partial charge is 0.330 e. The van der Waals surface area contributed by atoms with Crippen molar-refractivity contribution in [2.75, 3.05) is 11.9 Å². The van der Waals surface area contributed by atoms with Crippen molar-refractivity contribution in [3.05, 3.63) is 67.0 Å². The van der Waals surface area contributed by atoms with Crippen molar-refractivity contribution in [2.45, 2.75) is 31.8 Å². The first-order chi connectivity index (χ1) is 13.7. The van der Waals surface area contributed by atoms with Gasteiger partial charge in [-0.15, -0.1) is 0 Å². The van der Waals surface area contributed by atoms with Crippen LogP contribution in [0.25, 0.3) is 0 Å². The highest BCUT2D eigenvalue weighted by atomic mass is 16.6. The van der Waals surface area contributed by atoms with Gasteiger partial charge in [-0.25, -0.2) is 9.59 Å². The van der Waals surface area contributed by atoms with Gasteiger partial charge in [0.15, 0.2) is 0 Å². The summed E-state index contributed by atoms with van der Waals surface area (Å²) in [6, 6.07) is 4.70. The van der Waals surface area contributed by atoms with E-state index in [2.05, 4.69) is 15.6 Å². The first kappa shape index (κ1) is 20.2. The zero-order valence-electron chi connectivity index (χ0n) is 15.3. The molecule has 3 rings (SSSR count). The van der Waals surface area contributed by atoms with Crippen molar-refractivity contribution in [2.24, 2.45) is 0 Å². The Morgan fingerprint density at radius 2 is 2.07 bits per heavy atom. The average molecular weight is 405 g/mol. The number of ether oxygens (including phenoxy) is 1. The molecule has 2 heterocycles. The Bertz CT molecular complexity index is 1030. The first-order valence-corrected chi connectivity index (χ1v) is 8.69. The van der Waals surface area contributed by atoms with Gasteiger partial charge in [-0.1, -0.05) is 0 Å². The lowest BCUT2D eigenvalue weighted by atomic mass is 10.2. The second-order valence-electron chi connectivity index (χ2n) is 6.55. The van der Waals surface area contributed by atoms with Crippen LogP contribution in [0.1, 0.15) is 18.2 Å². The number of amides is 2. The van der Waals surface area contributed by atoms with Gasteiger partial charge >= 0.3 is 11.7 Å². The molecule has 0 unspecified atom stereocenters. The summed E-state index contributed by atoms with van der Waals surface area (Å²) >= 11 is 0. The molecule has 29 heavy (non-hydrogen) atoms. The zero-order chi connectivity index (χ0) is 21.1. The Morgan fingerprint density at radius 3 is 2.72 bits per heavy atom. The summed E-state index contributed by atoms with van der Waals surface area (Å²) in [5, 5.41) is 25.8. The number of aliphatic hydroxyl groups excluding tert-OH is 1. The number of aryl methyl sites for hydroxylation is 1. The Kier molecular flexibility index (Phi) is 5.75. The lowest BCUT2D eigenvalue weighted by Gasteiger charge is -2.17. The summed E-state index contributed by atoms with van der Waals surface area (Å²) < 4.78 is 6.84. The van der Waals surface area contributed by atoms with Gasteiger partial charge in [0.1, 0.15) is 12.3 Å². The SMILES string of the molecule is Cc1cn([C@H]2C[C@H](O)[C@@H](CNC(=O)Nc3ccc([N+](=O)[O-])cc3)O2)c(=O)[nH]c1=O. The second-order valence-corrected chi connectivity index (χ2v) is 6.55. The Hall–Kier alpha value is -3.51. The monoisotopic (exact) mass is 405 g/mol. The predicted octanol–water partition coefficient (Wildman–Crippen LogP) is 0.223. The summed E-state index contributed by atoms with van der Waals surface area (Å²) in [5.41, 5.74) is -0.564. The summed E-state index contributed by atoms with van der Waals surface area (Å²) in [5.74, 6) is 0. The van der Waals surface area contributed by atoms with Crippen LogP contribution in [0.4, 0.5) is 16.2 Å². The molecule has 4 N–H and O–H groups in total. The standard InChI is InChI=1S/C17H19N5O7/c1-9-8-21(17(26)20-15(9)24)14-6-12(23)13(29-14)7-18-16(25)19-10-2-4-11(5-3-10)22(27)28/h2-5,8,12-14,23H,6-7H2,1H3,(H2,18,19,25)(H,20,24,26)/t12-,13+,14+/m0/s1. The van der Waals surface area contributed by atoms with Gasteiger partial charge in [-0.3, -0.25) is 24.5 Å². The quantitative estimate of drug-likeness (QED) is 0.407. The van der Waals surface area contributed by atoms with Gasteiger partial charge in [-0.2, -0.15) is 0 Å². The minimum atomic E-state index is -0.932. The number of carbonyl (C=O) groups excluding carboxylic acids is 1. The molecule has 0 saturated carbocycles. The third kappa shape index (κ3) is 4.67. The number of anilines is 1. The number of aromatic amines is 1. The number of hydrogen-bond acceptors (Lipinski definition) is 7. The number of urea groups is 1. The molecule has 1 aromatic heterocycles. The number of aromatic nitrogens is 2. The van der Waals surface area contributed by atoms with E-state index in [-0.39, 0.29) is 18.7 Å². The number of carbonyl (C=O) groups is 1. The van der Waals surface area contributed by atoms with E-state index in [1.54, 1.807) is 6.92 Å². The number of benzene rings is 1. The molecule has 0 spiro atoms. The van der Waals surface area contributed by atoms with Gasteiger partial charge in [0.25, 0.3) is 11.2 Å².